The van der Waals surface area contributed by atoms with Crippen LogP contribution < -0.4 is 5.32 Å². The zero-order valence-corrected chi connectivity index (χ0v) is 15.0. The van der Waals surface area contributed by atoms with Crippen molar-refractivity contribution in [1.82, 2.24) is 0 Å². The van der Waals surface area contributed by atoms with Crippen molar-refractivity contribution in [3.8, 4) is 16.9 Å². The summed E-state index contributed by atoms with van der Waals surface area (Å²) in [4.78, 5) is 24.0. The smallest absolute Gasteiger partial charge is 0.339 e. The molecular weight excluding hydrogens is 395 g/mol. The van der Waals surface area contributed by atoms with E-state index in [9.17, 15) is 33.0 Å². The number of aryl methyl sites for hydroxylation is 1. The Labute approximate surface area is 160 Å². The van der Waals surface area contributed by atoms with Gasteiger partial charge in [-0.25, -0.2) is 13.6 Å². The molecular formula is C19H12F3NO4S. The minimum atomic E-state index is -1.60. The second-order valence-electron chi connectivity index (χ2n) is 5.85. The highest BCUT2D eigenvalue weighted by molar-refractivity contribution is 7.15. The fraction of sp³-hybridized carbons (Fsp3) is 0.0526. The highest BCUT2D eigenvalue weighted by Crippen LogP contribution is 2.37. The average Bonchev–Trinajstić information content (AvgIpc) is 3.03. The first-order valence-electron chi connectivity index (χ1n) is 7.80. The molecule has 0 saturated heterocycles. The number of benzene rings is 2. The quantitative estimate of drug-likeness (QED) is 0.580. The maximum Gasteiger partial charge on any atom is 0.339 e. The van der Waals surface area contributed by atoms with E-state index >= 15 is 0 Å². The molecule has 1 amide bonds. The van der Waals surface area contributed by atoms with Gasteiger partial charge in [-0.1, -0.05) is 12.1 Å². The molecule has 0 atom stereocenters. The van der Waals surface area contributed by atoms with Crippen LogP contribution in [-0.4, -0.2) is 22.1 Å². The topological polar surface area (TPSA) is 86.6 Å². The Morgan fingerprint density at radius 1 is 1.04 bits per heavy atom. The summed E-state index contributed by atoms with van der Waals surface area (Å²) in [6.45, 7) is 1.68. The molecule has 0 spiro atoms. The molecule has 1 aromatic heterocycles. The van der Waals surface area contributed by atoms with E-state index in [1.54, 1.807) is 13.0 Å². The van der Waals surface area contributed by atoms with Gasteiger partial charge in [-0.15, -0.1) is 11.3 Å². The molecule has 0 aliphatic rings. The number of carboxylic acids is 1. The summed E-state index contributed by atoms with van der Waals surface area (Å²) < 4.78 is 40.8. The van der Waals surface area contributed by atoms with E-state index in [0.717, 1.165) is 17.4 Å². The minimum Gasteiger partial charge on any atom is -0.504 e. The van der Waals surface area contributed by atoms with Crippen LogP contribution in [0.3, 0.4) is 0 Å². The number of aromatic carboxylic acids is 1. The van der Waals surface area contributed by atoms with Gasteiger partial charge in [0.05, 0.1) is 5.56 Å². The van der Waals surface area contributed by atoms with Gasteiger partial charge in [0.1, 0.15) is 16.4 Å². The Morgan fingerprint density at radius 2 is 1.75 bits per heavy atom. The molecule has 3 rings (SSSR count). The largest absolute Gasteiger partial charge is 0.504 e. The Kier molecular flexibility index (Phi) is 5.10. The van der Waals surface area contributed by atoms with Crippen LogP contribution in [0.5, 0.6) is 5.75 Å². The van der Waals surface area contributed by atoms with Gasteiger partial charge >= 0.3 is 5.97 Å². The first-order chi connectivity index (χ1) is 13.2. The molecule has 0 unspecified atom stereocenters. The lowest BCUT2D eigenvalue weighted by Crippen LogP contribution is -2.14. The lowest BCUT2D eigenvalue weighted by atomic mass is 10.0. The molecule has 0 bridgehead atoms. The van der Waals surface area contributed by atoms with Gasteiger partial charge in [0.15, 0.2) is 11.6 Å². The number of carbonyl (C=O) groups is 2. The molecule has 2 aromatic carbocycles. The number of amides is 1. The number of anilines is 1. The molecule has 3 N–H and O–H groups in total. The van der Waals surface area contributed by atoms with E-state index in [0.29, 0.717) is 11.6 Å². The highest BCUT2D eigenvalue weighted by Gasteiger charge is 2.25. The van der Waals surface area contributed by atoms with Gasteiger partial charge in [0.2, 0.25) is 5.82 Å². The highest BCUT2D eigenvalue weighted by atomic mass is 32.1. The Hall–Kier alpha value is -3.33. The van der Waals surface area contributed by atoms with Crippen molar-refractivity contribution in [2.75, 3.05) is 5.32 Å². The van der Waals surface area contributed by atoms with Gasteiger partial charge in [-0.05, 0) is 30.7 Å². The normalized spacial score (nSPS) is 10.7. The minimum absolute atomic E-state index is 0.0374. The summed E-state index contributed by atoms with van der Waals surface area (Å²) in [5, 5.41) is 22.6. The first kappa shape index (κ1) is 19.4. The van der Waals surface area contributed by atoms with Crippen molar-refractivity contribution < 1.29 is 33.0 Å². The van der Waals surface area contributed by atoms with Crippen LogP contribution in [0, 0.1) is 24.4 Å². The number of halogens is 3. The SMILES string of the molecule is Cc1ccc(-c2csc(NC(=O)c3ccc(F)c(F)c3O)c2C(=O)O)c(F)c1. The van der Waals surface area contributed by atoms with E-state index in [4.69, 9.17) is 0 Å². The standard InChI is InChI=1S/C19H12F3NO4S/c1-8-2-3-9(13(21)6-8)11-7-28-18(14(11)19(26)27)23-17(25)10-4-5-12(20)15(22)16(10)24/h2-7,24H,1H3,(H,23,25)(H,26,27). The summed E-state index contributed by atoms with van der Waals surface area (Å²) in [5.74, 6) is -7.22. The number of carboxylic acid groups (broad SMARTS) is 1. The van der Waals surface area contributed by atoms with E-state index in [-0.39, 0.29) is 21.7 Å². The van der Waals surface area contributed by atoms with Crippen LogP contribution >= 0.6 is 11.3 Å². The number of rotatable bonds is 4. The molecule has 0 aliphatic carbocycles. The Balaban J connectivity index is 2.02. The molecule has 0 radical (unpaired) electrons. The molecule has 1 heterocycles. The van der Waals surface area contributed by atoms with Crippen molar-refractivity contribution in [2.24, 2.45) is 0 Å². The number of phenols is 1. The molecule has 28 heavy (non-hydrogen) atoms. The van der Waals surface area contributed by atoms with Crippen molar-refractivity contribution in [1.29, 1.82) is 0 Å². The number of nitrogens with one attached hydrogen (secondary N) is 1. The predicted octanol–water partition coefficient (Wildman–Crippen LogP) is 4.80. The van der Waals surface area contributed by atoms with Crippen molar-refractivity contribution in [3.63, 3.8) is 0 Å². The van der Waals surface area contributed by atoms with Crippen LogP contribution in [0.4, 0.5) is 18.2 Å². The number of phenolic OH excluding ortho intramolecular Hbond substituents is 1. The maximum absolute atomic E-state index is 14.3. The summed E-state index contributed by atoms with van der Waals surface area (Å²) in [6, 6.07) is 5.79. The summed E-state index contributed by atoms with van der Waals surface area (Å²) in [5.41, 5.74) is -0.194. The molecule has 0 saturated carbocycles. The lowest BCUT2D eigenvalue weighted by molar-refractivity contribution is 0.0699. The van der Waals surface area contributed by atoms with Crippen LogP contribution in [-0.2, 0) is 0 Å². The molecule has 9 heteroatoms. The van der Waals surface area contributed by atoms with Crippen LogP contribution in [0.15, 0.2) is 35.7 Å². The zero-order valence-electron chi connectivity index (χ0n) is 14.2. The number of hydrogen-bond acceptors (Lipinski definition) is 4. The van der Waals surface area contributed by atoms with E-state index in [2.05, 4.69) is 5.32 Å². The van der Waals surface area contributed by atoms with Gasteiger partial charge in [-0.2, -0.15) is 4.39 Å². The molecule has 0 aliphatic heterocycles. The summed E-state index contributed by atoms with van der Waals surface area (Å²) in [6.07, 6.45) is 0. The third-order valence-corrected chi connectivity index (χ3v) is 4.86. The van der Waals surface area contributed by atoms with E-state index in [1.807, 2.05) is 0 Å². The van der Waals surface area contributed by atoms with Gasteiger partial charge < -0.3 is 15.5 Å². The fourth-order valence-corrected chi connectivity index (χ4v) is 3.54. The third-order valence-electron chi connectivity index (χ3n) is 3.96. The second kappa shape index (κ2) is 7.35. The zero-order chi connectivity index (χ0) is 20.6. The first-order valence-corrected chi connectivity index (χ1v) is 8.68. The van der Waals surface area contributed by atoms with Crippen LogP contribution in [0.25, 0.3) is 11.1 Å². The van der Waals surface area contributed by atoms with Crippen LogP contribution in [0.2, 0.25) is 0 Å². The van der Waals surface area contributed by atoms with E-state index in [1.165, 1.54) is 17.5 Å². The molecule has 144 valence electrons. The number of thiophene rings is 1. The predicted molar refractivity (Wildman–Crippen MR) is 97.4 cm³/mol. The van der Waals surface area contributed by atoms with Gasteiger partial charge in [-0.3, -0.25) is 4.79 Å². The van der Waals surface area contributed by atoms with Crippen LogP contribution in [0.1, 0.15) is 26.3 Å². The molecule has 0 fully saturated rings. The Bertz CT molecular complexity index is 1110. The fourth-order valence-electron chi connectivity index (χ4n) is 2.59. The average molecular weight is 407 g/mol. The molecule has 5 nitrogen and oxygen atoms in total. The number of hydrogen-bond donors (Lipinski definition) is 3. The summed E-state index contributed by atoms with van der Waals surface area (Å²) in [7, 11) is 0. The van der Waals surface area contributed by atoms with E-state index < -0.39 is 40.6 Å². The molecule has 3 aromatic rings. The monoisotopic (exact) mass is 407 g/mol. The number of aromatic hydroxyl groups is 1. The Morgan fingerprint density at radius 3 is 2.39 bits per heavy atom. The van der Waals surface area contributed by atoms with Gasteiger partial charge in [0.25, 0.3) is 5.91 Å². The van der Waals surface area contributed by atoms with Crippen molar-refractivity contribution >= 4 is 28.2 Å². The third kappa shape index (κ3) is 3.44. The van der Waals surface area contributed by atoms with Gasteiger partial charge in [0, 0.05) is 16.5 Å². The number of carbonyl (C=O) groups excluding carboxylic acids is 1. The summed E-state index contributed by atoms with van der Waals surface area (Å²) >= 11 is 0.820. The maximum atomic E-state index is 14.3. The van der Waals surface area contributed by atoms with Crippen molar-refractivity contribution in [3.05, 3.63) is 69.9 Å². The van der Waals surface area contributed by atoms with Crippen molar-refractivity contribution in [2.45, 2.75) is 6.92 Å². The second-order valence-corrected chi connectivity index (χ2v) is 6.73. The lowest BCUT2D eigenvalue weighted by Gasteiger charge is -2.08.